The van der Waals surface area contributed by atoms with E-state index in [1.165, 1.54) is 6.20 Å². The van der Waals surface area contributed by atoms with Gasteiger partial charge in [0.2, 0.25) is 0 Å². The van der Waals surface area contributed by atoms with E-state index in [1.807, 2.05) is 0 Å². The van der Waals surface area contributed by atoms with E-state index in [9.17, 15) is 4.79 Å². The highest BCUT2D eigenvalue weighted by Crippen LogP contribution is 2.18. The number of pyridine rings is 1. The van der Waals surface area contributed by atoms with E-state index in [0.29, 0.717) is 16.6 Å². The Morgan fingerprint density at radius 2 is 1.86 bits per heavy atom. The molecule has 1 aromatic heterocycles. The molecule has 1 unspecified atom stereocenters. The maximum absolute atomic E-state index is 12.0. The summed E-state index contributed by atoms with van der Waals surface area (Å²) in [6, 6.07) is 10.3. The normalized spacial score (nSPS) is 11.6. The summed E-state index contributed by atoms with van der Waals surface area (Å²) in [6.07, 6.45) is 0.842. The molecule has 5 nitrogen and oxygen atoms in total. The first-order valence-electron chi connectivity index (χ1n) is 6.31. The summed E-state index contributed by atoms with van der Waals surface area (Å²) in [5.41, 5.74) is 0.564. The third-order valence-corrected chi connectivity index (χ3v) is 2.96. The molecule has 1 atom stereocenters. The Labute approximate surface area is 127 Å². The molecule has 2 aromatic rings. The molecular weight excluding hydrogens is 292 g/mol. The van der Waals surface area contributed by atoms with Gasteiger partial charge in [0.25, 0.3) is 5.91 Å². The summed E-state index contributed by atoms with van der Waals surface area (Å²) in [4.78, 5) is 15.9. The highest BCUT2D eigenvalue weighted by atomic mass is 35.5. The first kappa shape index (κ1) is 15.1. The molecule has 0 aliphatic carbocycles. The Morgan fingerprint density at radius 3 is 2.43 bits per heavy atom. The summed E-state index contributed by atoms with van der Waals surface area (Å²) < 4.78 is 10.6. The van der Waals surface area contributed by atoms with E-state index in [0.717, 1.165) is 5.75 Å². The van der Waals surface area contributed by atoms with Crippen molar-refractivity contribution in [2.75, 3.05) is 12.4 Å². The quantitative estimate of drug-likeness (QED) is 0.862. The predicted molar refractivity (Wildman–Crippen MR) is 81.0 cm³/mol. The fourth-order valence-corrected chi connectivity index (χ4v) is 1.72. The smallest absolute Gasteiger partial charge is 0.265 e. The minimum absolute atomic E-state index is 0.269. The summed E-state index contributed by atoms with van der Waals surface area (Å²) in [5.74, 6) is 1.05. The molecule has 0 saturated carbocycles. The predicted octanol–water partition coefficient (Wildman–Crippen LogP) is 3.15. The van der Waals surface area contributed by atoms with Crippen LogP contribution >= 0.6 is 11.6 Å². The second-order valence-electron chi connectivity index (χ2n) is 4.29. The third kappa shape index (κ3) is 4.36. The summed E-state index contributed by atoms with van der Waals surface area (Å²) in [7, 11) is 1.59. The van der Waals surface area contributed by atoms with Crippen LogP contribution in [0.4, 0.5) is 5.69 Å². The van der Waals surface area contributed by atoms with Gasteiger partial charge in [-0.1, -0.05) is 11.6 Å². The average molecular weight is 307 g/mol. The number of hydrogen-bond acceptors (Lipinski definition) is 4. The Morgan fingerprint density at radius 1 is 1.19 bits per heavy atom. The van der Waals surface area contributed by atoms with Crippen molar-refractivity contribution in [2.24, 2.45) is 0 Å². The van der Waals surface area contributed by atoms with Gasteiger partial charge >= 0.3 is 0 Å². The molecule has 0 fully saturated rings. The van der Waals surface area contributed by atoms with E-state index in [4.69, 9.17) is 21.1 Å². The molecule has 0 saturated heterocycles. The molecule has 110 valence electrons. The fourth-order valence-electron chi connectivity index (χ4n) is 1.61. The van der Waals surface area contributed by atoms with Gasteiger partial charge in [-0.25, -0.2) is 4.98 Å². The lowest BCUT2D eigenvalue weighted by molar-refractivity contribution is -0.122. The summed E-state index contributed by atoms with van der Waals surface area (Å²) in [5, 5.41) is 3.07. The Kier molecular flexibility index (Phi) is 5.00. The van der Waals surface area contributed by atoms with Crippen LogP contribution in [-0.2, 0) is 4.79 Å². The number of ether oxygens (including phenoxy) is 2. The number of aromatic nitrogens is 1. The number of benzene rings is 1. The second-order valence-corrected chi connectivity index (χ2v) is 4.68. The van der Waals surface area contributed by atoms with E-state index in [-0.39, 0.29) is 5.91 Å². The lowest BCUT2D eigenvalue weighted by Crippen LogP contribution is -2.30. The van der Waals surface area contributed by atoms with Crippen molar-refractivity contribution in [2.45, 2.75) is 13.0 Å². The van der Waals surface area contributed by atoms with Crippen molar-refractivity contribution >= 4 is 23.2 Å². The first-order valence-corrected chi connectivity index (χ1v) is 6.69. The molecule has 1 aromatic carbocycles. The SMILES string of the molecule is COc1ccc(OC(C)C(=O)Nc2ccc(Cl)nc2)cc1. The Bertz CT molecular complexity index is 599. The fraction of sp³-hybridized carbons (Fsp3) is 0.200. The number of nitrogens with zero attached hydrogens (tertiary/aromatic N) is 1. The number of anilines is 1. The number of halogens is 1. The van der Waals surface area contributed by atoms with Crippen molar-refractivity contribution in [3.8, 4) is 11.5 Å². The van der Waals surface area contributed by atoms with Gasteiger partial charge in [-0.15, -0.1) is 0 Å². The topological polar surface area (TPSA) is 60.5 Å². The van der Waals surface area contributed by atoms with E-state index >= 15 is 0 Å². The van der Waals surface area contributed by atoms with Crippen LogP contribution in [0.2, 0.25) is 5.15 Å². The maximum atomic E-state index is 12.0. The molecule has 0 aliphatic rings. The number of carbonyl (C=O) groups excluding carboxylic acids is 1. The van der Waals surface area contributed by atoms with Crippen LogP contribution in [0.15, 0.2) is 42.6 Å². The standard InChI is InChI=1S/C15H15ClN2O3/c1-10(21-13-6-4-12(20-2)5-7-13)15(19)18-11-3-8-14(16)17-9-11/h3-10H,1-2H3,(H,18,19). The van der Waals surface area contributed by atoms with Crippen LogP contribution in [0.5, 0.6) is 11.5 Å². The Hall–Kier alpha value is -2.27. The van der Waals surface area contributed by atoms with E-state index in [1.54, 1.807) is 50.4 Å². The lowest BCUT2D eigenvalue weighted by atomic mass is 10.3. The van der Waals surface area contributed by atoms with Crippen molar-refractivity contribution in [1.29, 1.82) is 0 Å². The zero-order chi connectivity index (χ0) is 15.2. The molecule has 1 amide bonds. The lowest BCUT2D eigenvalue weighted by Gasteiger charge is -2.14. The molecule has 0 bridgehead atoms. The van der Waals surface area contributed by atoms with Crippen molar-refractivity contribution < 1.29 is 14.3 Å². The Balaban J connectivity index is 1.93. The number of carbonyl (C=O) groups is 1. The highest BCUT2D eigenvalue weighted by molar-refractivity contribution is 6.29. The van der Waals surface area contributed by atoms with Gasteiger partial charge in [-0.05, 0) is 43.3 Å². The monoisotopic (exact) mass is 306 g/mol. The van der Waals surface area contributed by atoms with E-state index < -0.39 is 6.10 Å². The molecule has 0 spiro atoms. The summed E-state index contributed by atoms with van der Waals surface area (Å²) >= 11 is 5.68. The van der Waals surface area contributed by atoms with Crippen molar-refractivity contribution in [3.05, 3.63) is 47.7 Å². The van der Waals surface area contributed by atoms with Crippen LogP contribution in [-0.4, -0.2) is 24.1 Å². The van der Waals surface area contributed by atoms with Gasteiger partial charge in [0.15, 0.2) is 6.10 Å². The molecular formula is C15H15ClN2O3. The van der Waals surface area contributed by atoms with Crippen molar-refractivity contribution in [3.63, 3.8) is 0 Å². The van der Waals surface area contributed by atoms with Crippen molar-refractivity contribution in [1.82, 2.24) is 4.98 Å². The zero-order valence-corrected chi connectivity index (χ0v) is 12.4. The molecule has 0 radical (unpaired) electrons. The van der Waals surface area contributed by atoms with Gasteiger partial charge in [-0.2, -0.15) is 0 Å². The molecule has 0 aliphatic heterocycles. The molecule has 2 rings (SSSR count). The van der Waals surface area contributed by atoms with Crippen LogP contribution in [0.3, 0.4) is 0 Å². The zero-order valence-electron chi connectivity index (χ0n) is 11.7. The second kappa shape index (κ2) is 6.95. The van der Waals surface area contributed by atoms with Crippen LogP contribution in [0.1, 0.15) is 6.92 Å². The van der Waals surface area contributed by atoms with Gasteiger partial charge in [-0.3, -0.25) is 4.79 Å². The van der Waals surface area contributed by atoms with Gasteiger partial charge in [0.1, 0.15) is 16.7 Å². The van der Waals surface area contributed by atoms with Gasteiger partial charge in [0, 0.05) is 0 Å². The highest BCUT2D eigenvalue weighted by Gasteiger charge is 2.15. The molecule has 21 heavy (non-hydrogen) atoms. The molecule has 1 heterocycles. The number of nitrogens with one attached hydrogen (secondary N) is 1. The van der Waals surface area contributed by atoms with Crippen LogP contribution in [0.25, 0.3) is 0 Å². The summed E-state index contributed by atoms with van der Waals surface area (Å²) in [6.45, 7) is 1.67. The van der Waals surface area contributed by atoms with Gasteiger partial charge in [0.05, 0.1) is 19.0 Å². The largest absolute Gasteiger partial charge is 0.497 e. The number of amides is 1. The number of hydrogen-bond donors (Lipinski definition) is 1. The van der Waals surface area contributed by atoms with Crippen LogP contribution < -0.4 is 14.8 Å². The maximum Gasteiger partial charge on any atom is 0.265 e. The van der Waals surface area contributed by atoms with Crippen LogP contribution in [0, 0.1) is 0 Å². The average Bonchev–Trinajstić information content (AvgIpc) is 2.50. The minimum Gasteiger partial charge on any atom is -0.497 e. The van der Waals surface area contributed by atoms with E-state index in [2.05, 4.69) is 10.3 Å². The third-order valence-electron chi connectivity index (χ3n) is 2.74. The first-order chi connectivity index (χ1) is 10.1. The van der Waals surface area contributed by atoms with Gasteiger partial charge < -0.3 is 14.8 Å². The number of rotatable bonds is 5. The molecule has 1 N–H and O–H groups in total. The number of methoxy groups -OCH3 is 1. The molecule has 6 heteroatoms. The minimum atomic E-state index is -0.644.